The molecular weight excluding hydrogens is 344 g/mol. The van der Waals surface area contributed by atoms with Crippen molar-refractivity contribution >= 4 is 33.2 Å². The highest BCUT2D eigenvalue weighted by Gasteiger charge is 2.33. The maximum Gasteiger partial charge on any atom is 0.0724 e. The molecule has 0 aliphatic heterocycles. The highest BCUT2D eigenvalue weighted by atomic mass is 15.3. The lowest BCUT2D eigenvalue weighted by Gasteiger charge is -2.32. The number of para-hydroxylation sites is 2. The van der Waals surface area contributed by atoms with E-state index in [1.807, 2.05) is 30.3 Å². The van der Waals surface area contributed by atoms with Crippen LogP contribution in [-0.2, 0) is 6.42 Å². The summed E-state index contributed by atoms with van der Waals surface area (Å²) >= 11 is 0. The van der Waals surface area contributed by atoms with Crippen LogP contribution in [0.2, 0.25) is 0 Å². The van der Waals surface area contributed by atoms with Gasteiger partial charge < -0.3 is 4.98 Å². The molecule has 0 saturated carbocycles. The Kier molecular flexibility index (Phi) is 3.76. The summed E-state index contributed by atoms with van der Waals surface area (Å²) in [5, 5.41) is 7.28. The Morgan fingerprint density at radius 1 is 1.00 bits per heavy atom. The number of fused-ring (bicyclic) bond motifs is 5. The van der Waals surface area contributed by atoms with E-state index in [1.54, 1.807) is 0 Å². The molecule has 0 unspecified atom stereocenters. The molecule has 1 aliphatic carbocycles. The summed E-state index contributed by atoms with van der Waals surface area (Å²) in [5.41, 5.74) is 11.1. The largest absolute Gasteiger partial charge is 0.354 e. The average Bonchev–Trinajstić information content (AvgIpc) is 3.05. The number of aromatic nitrogens is 2. The second-order valence-corrected chi connectivity index (χ2v) is 8.49. The molecule has 2 N–H and O–H groups in total. The van der Waals surface area contributed by atoms with Gasteiger partial charge in [-0.05, 0) is 43.4 Å². The van der Waals surface area contributed by atoms with E-state index < -0.39 is 0 Å². The minimum Gasteiger partial charge on any atom is -0.354 e. The summed E-state index contributed by atoms with van der Waals surface area (Å²) in [6, 6.07) is 18.6. The van der Waals surface area contributed by atoms with Gasteiger partial charge in [0.25, 0.3) is 0 Å². The van der Waals surface area contributed by atoms with Gasteiger partial charge in [0.2, 0.25) is 0 Å². The lowest BCUT2D eigenvalue weighted by Crippen LogP contribution is -2.29. The Morgan fingerprint density at radius 3 is 2.57 bits per heavy atom. The van der Waals surface area contributed by atoms with Gasteiger partial charge in [0.1, 0.15) is 0 Å². The molecule has 0 radical (unpaired) electrons. The number of rotatable bonds is 2. The number of nitrogens with one attached hydrogen (secondary N) is 2. The summed E-state index contributed by atoms with van der Waals surface area (Å²) in [4.78, 5) is 8.69. The molecule has 0 amide bonds. The summed E-state index contributed by atoms with van der Waals surface area (Å²) in [6.07, 6.45) is 1.87. The Morgan fingerprint density at radius 2 is 1.75 bits per heavy atom. The van der Waals surface area contributed by atoms with E-state index >= 15 is 0 Å². The minimum absolute atomic E-state index is 0.128. The van der Waals surface area contributed by atoms with Gasteiger partial charge in [0.15, 0.2) is 0 Å². The quantitative estimate of drug-likeness (QED) is 0.438. The first-order valence-corrected chi connectivity index (χ1v) is 9.80. The molecular formula is C24H24N4. The Bertz CT molecular complexity index is 1220. The van der Waals surface area contributed by atoms with Crippen LogP contribution in [0.15, 0.2) is 59.7 Å². The van der Waals surface area contributed by atoms with Gasteiger partial charge in [-0.3, -0.25) is 10.4 Å². The van der Waals surface area contributed by atoms with Crippen molar-refractivity contribution < 1.29 is 0 Å². The van der Waals surface area contributed by atoms with Crippen molar-refractivity contribution in [2.75, 3.05) is 5.43 Å². The fourth-order valence-electron chi connectivity index (χ4n) is 4.40. The van der Waals surface area contributed by atoms with Crippen LogP contribution in [0.4, 0.5) is 5.69 Å². The van der Waals surface area contributed by atoms with E-state index in [-0.39, 0.29) is 5.41 Å². The van der Waals surface area contributed by atoms with Crippen LogP contribution in [0.1, 0.15) is 37.2 Å². The van der Waals surface area contributed by atoms with Crippen LogP contribution < -0.4 is 5.43 Å². The van der Waals surface area contributed by atoms with Crippen molar-refractivity contribution in [1.82, 2.24) is 9.97 Å². The molecule has 0 saturated heterocycles. The summed E-state index contributed by atoms with van der Waals surface area (Å²) in [5.74, 6) is 0. The van der Waals surface area contributed by atoms with E-state index in [9.17, 15) is 0 Å². The van der Waals surface area contributed by atoms with Crippen molar-refractivity contribution in [3.8, 4) is 0 Å². The first-order valence-electron chi connectivity index (χ1n) is 9.80. The summed E-state index contributed by atoms with van der Waals surface area (Å²) in [7, 11) is 0. The molecule has 28 heavy (non-hydrogen) atoms. The number of anilines is 1. The predicted molar refractivity (Wildman–Crippen MR) is 117 cm³/mol. The Balaban J connectivity index is 1.75. The zero-order valence-electron chi connectivity index (χ0n) is 16.5. The molecule has 0 spiro atoms. The van der Waals surface area contributed by atoms with Crippen LogP contribution in [0.25, 0.3) is 21.8 Å². The van der Waals surface area contributed by atoms with Crippen LogP contribution in [0, 0.1) is 12.3 Å². The van der Waals surface area contributed by atoms with E-state index in [0.29, 0.717) is 0 Å². The van der Waals surface area contributed by atoms with Crippen LogP contribution in [0.3, 0.4) is 0 Å². The molecule has 4 aromatic rings. The number of hydrogen-bond donors (Lipinski definition) is 2. The van der Waals surface area contributed by atoms with Gasteiger partial charge in [-0.25, -0.2) is 0 Å². The Hall–Kier alpha value is -3.14. The second-order valence-electron chi connectivity index (χ2n) is 8.49. The second kappa shape index (κ2) is 6.20. The van der Waals surface area contributed by atoms with Gasteiger partial charge in [-0.2, -0.15) is 5.10 Å². The SMILES string of the molecule is Cc1nc2c(c3[nH]c4ccccc4c13)/C(=N\Nc1ccccc1)CC(C)(C)C2. The summed E-state index contributed by atoms with van der Waals surface area (Å²) in [6.45, 7) is 6.70. The highest BCUT2D eigenvalue weighted by Crippen LogP contribution is 2.39. The van der Waals surface area contributed by atoms with Crippen molar-refractivity contribution in [1.29, 1.82) is 0 Å². The first-order chi connectivity index (χ1) is 13.5. The molecule has 5 rings (SSSR count). The molecule has 0 bridgehead atoms. The van der Waals surface area contributed by atoms with E-state index in [1.165, 1.54) is 16.3 Å². The van der Waals surface area contributed by atoms with E-state index in [4.69, 9.17) is 10.1 Å². The van der Waals surface area contributed by atoms with Crippen LogP contribution >= 0.6 is 0 Å². The number of aryl methyl sites for hydroxylation is 1. The van der Waals surface area contributed by atoms with Crippen LogP contribution in [-0.4, -0.2) is 15.7 Å². The number of hydrazone groups is 1. The Labute approximate surface area is 164 Å². The van der Waals surface area contributed by atoms with Crippen molar-refractivity contribution in [2.24, 2.45) is 10.5 Å². The normalized spacial score (nSPS) is 17.2. The molecule has 1 aliphatic rings. The number of H-pyrrole nitrogens is 1. The van der Waals surface area contributed by atoms with E-state index in [2.05, 4.69) is 55.4 Å². The first kappa shape index (κ1) is 17.0. The third-order valence-corrected chi connectivity index (χ3v) is 5.58. The van der Waals surface area contributed by atoms with Crippen LogP contribution in [0.5, 0.6) is 0 Å². The predicted octanol–water partition coefficient (Wildman–Crippen LogP) is 5.81. The fraction of sp³-hybridized carbons (Fsp3) is 0.250. The number of aromatic amines is 1. The molecule has 140 valence electrons. The number of pyridine rings is 1. The maximum absolute atomic E-state index is 5.04. The minimum atomic E-state index is 0.128. The monoisotopic (exact) mass is 368 g/mol. The van der Waals surface area contributed by atoms with Crippen molar-refractivity contribution in [3.05, 3.63) is 71.5 Å². The highest BCUT2D eigenvalue weighted by molar-refractivity contribution is 6.18. The average molecular weight is 368 g/mol. The van der Waals surface area contributed by atoms with Gasteiger partial charge in [-0.15, -0.1) is 0 Å². The maximum atomic E-state index is 5.04. The van der Waals surface area contributed by atoms with Gasteiger partial charge >= 0.3 is 0 Å². The fourth-order valence-corrected chi connectivity index (χ4v) is 4.40. The topological polar surface area (TPSA) is 53.1 Å². The standard InChI is InChI=1S/C24H24N4/c1-15-21-17-11-7-8-12-18(17)26-23(21)22-19(25-15)13-24(2,3)14-20(22)28-27-16-9-5-4-6-10-16/h4-12,26-27H,13-14H2,1-3H3/b28-20-. The molecule has 2 heterocycles. The number of hydrogen-bond acceptors (Lipinski definition) is 3. The zero-order valence-corrected chi connectivity index (χ0v) is 16.5. The smallest absolute Gasteiger partial charge is 0.0724 e. The summed E-state index contributed by atoms with van der Waals surface area (Å²) < 4.78 is 0. The molecule has 4 heteroatoms. The zero-order chi connectivity index (χ0) is 19.3. The molecule has 4 nitrogen and oxygen atoms in total. The lowest BCUT2D eigenvalue weighted by molar-refractivity contribution is 0.368. The van der Waals surface area contributed by atoms with E-state index in [0.717, 1.165) is 46.7 Å². The number of benzene rings is 2. The van der Waals surface area contributed by atoms with Gasteiger partial charge in [0, 0.05) is 27.5 Å². The third kappa shape index (κ3) is 2.76. The lowest BCUT2D eigenvalue weighted by atomic mass is 9.74. The molecule has 0 fully saturated rings. The van der Waals surface area contributed by atoms with Gasteiger partial charge in [0.05, 0.1) is 22.6 Å². The number of nitrogens with zero attached hydrogens (tertiary/aromatic N) is 2. The molecule has 2 aromatic heterocycles. The van der Waals surface area contributed by atoms with Crippen molar-refractivity contribution in [2.45, 2.75) is 33.6 Å². The van der Waals surface area contributed by atoms with Crippen molar-refractivity contribution in [3.63, 3.8) is 0 Å². The molecule has 2 aromatic carbocycles. The van der Waals surface area contributed by atoms with Gasteiger partial charge in [-0.1, -0.05) is 50.2 Å². The third-order valence-electron chi connectivity index (χ3n) is 5.58. The molecule has 0 atom stereocenters.